The quantitative estimate of drug-likeness (QED) is 0.827. The van der Waals surface area contributed by atoms with E-state index in [9.17, 15) is 4.79 Å². The molecule has 2 aromatic rings. The average molecular weight is 286 g/mol. The monoisotopic (exact) mass is 286 g/mol. The lowest BCUT2D eigenvalue weighted by Crippen LogP contribution is -2.33. The number of para-hydroxylation sites is 1. The van der Waals surface area contributed by atoms with Gasteiger partial charge in [-0.25, -0.2) is 4.98 Å². The van der Waals surface area contributed by atoms with Crippen LogP contribution in [-0.4, -0.2) is 16.1 Å². The van der Waals surface area contributed by atoms with Crippen molar-refractivity contribution >= 4 is 11.5 Å². The predicted octanol–water partition coefficient (Wildman–Crippen LogP) is 2.26. The van der Waals surface area contributed by atoms with Gasteiger partial charge in [-0.1, -0.05) is 25.1 Å². The zero-order chi connectivity index (χ0) is 15.2. The highest BCUT2D eigenvalue weighted by Crippen LogP contribution is 2.16. The molecule has 0 atom stereocenters. The second kappa shape index (κ2) is 6.92. The van der Waals surface area contributed by atoms with Gasteiger partial charge < -0.3 is 15.2 Å². The van der Waals surface area contributed by atoms with Crippen molar-refractivity contribution < 1.29 is 0 Å². The first-order chi connectivity index (χ1) is 10.2. The van der Waals surface area contributed by atoms with Gasteiger partial charge in [-0.2, -0.15) is 0 Å². The number of nitrogens with two attached hydrogens (primary N) is 1. The SMILES string of the molecule is CCCN(Cc1ccccc1N)c1nccn(CC)c1=O. The lowest BCUT2D eigenvalue weighted by atomic mass is 10.1. The molecule has 2 N–H and O–H groups in total. The summed E-state index contributed by atoms with van der Waals surface area (Å²) in [4.78, 5) is 18.7. The Balaban J connectivity index is 2.36. The first-order valence-electron chi connectivity index (χ1n) is 7.31. The zero-order valence-corrected chi connectivity index (χ0v) is 12.6. The first kappa shape index (κ1) is 15.1. The van der Waals surface area contributed by atoms with Crippen molar-refractivity contribution in [1.29, 1.82) is 0 Å². The molecule has 0 aliphatic carbocycles. The Morgan fingerprint density at radius 2 is 2.05 bits per heavy atom. The van der Waals surface area contributed by atoms with E-state index in [2.05, 4.69) is 11.9 Å². The number of rotatable bonds is 6. The summed E-state index contributed by atoms with van der Waals surface area (Å²) < 4.78 is 1.67. The summed E-state index contributed by atoms with van der Waals surface area (Å²) in [6, 6.07) is 7.73. The van der Waals surface area contributed by atoms with E-state index >= 15 is 0 Å². The molecular formula is C16H22N4O. The number of benzene rings is 1. The van der Waals surface area contributed by atoms with Crippen molar-refractivity contribution in [2.24, 2.45) is 0 Å². The number of nitrogen functional groups attached to an aromatic ring is 1. The second-order valence-corrected chi connectivity index (χ2v) is 4.96. The molecule has 0 fully saturated rings. The largest absolute Gasteiger partial charge is 0.398 e. The average Bonchev–Trinajstić information content (AvgIpc) is 2.49. The Kier molecular flexibility index (Phi) is 4.98. The molecule has 0 saturated carbocycles. The van der Waals surface area contributed by atoms with Gasteiger partial charge in [0.15, 0.2) is 5.82 Å². The van der Waals surface area contributed by atoms with Crippen LogP contribution in [0.3, 0.4) is 0 Å². The van der Waals surface area contributed by atoms with Crippen LogP contribution in [0.15, 0.2) is 41.5 Å². The van der Waals surface area contributed by atoms with Gasteiger partial charge in [0.2, 0.25) is 0 Å². The van der Waals surface area contributed by atoms with E-state index in [0.717, 1.165) is 24.2 Å². The van der Waals surface area contributed by atoms with E-state index in [1.807, 2.05) is 36.1 Å². The third kappa shape index (κ3) is 3.42. The predicted molar refractivity (Wildman–Crippen MR) is 86.4 cm³/mol. The van der Waals surface area contributed by atoms with Crippen LogP contribution in [0.1, 0.15) is 25.8 Å². The Bertz CT molecular complexity index is 651. The Hall–Kier alpha value is -2.30. The van der Waals surface area contributed by atoms with Crippen molar-refractivity contribution in [3.63, 3.8) is 0 Å². The van der Waals surface area contributed by atoms with Gasteiger partial charge in [-0.3, -0.25) is 4.79 Å². The summed E-state index contributed by atoms with van der Waals surface area (Å²) >= 11 is 0. The minimum atomic E-state index is -0.0528. The lowest BCUT2D eigenvalue weighted by Gasteiger charge is -2.23. The van der Waals surface area contributed by atoms with E-state index in [1.54, 1.807) is 17.0 Å². The maximum atomic E-state index is 12.4. The van der Waals surface area contributed by atoms with Crippen molar-refractivity contribution in [1.82, 2.24) is 9.55 Å². The van der Waals surface area contributed by atoms with Crippen molar-refractivity contribution in [3.05, 3.63) is 52.6 Å². The molecule has 1 aromatic heterocycles. The van der Waals surface area contributed by atoms with E-state index < -0.39 is 0 Å². The van der Waals surface area contributed by atoms with Crippen LogP contribution < -0.4 is 16.2 Å². The highest BCUT2D eigenvalue weighted by Gasteiger charge is 2.14. The van der Waals surface area contributed by atoms with Crippen LogP contribution in [0, 0.1) is 0 Å². The molecule has 2 rings (SSSR count). The smallest absolute Gasteiger partial charge is 0.293 e. The second-order valence-electron chi connectivity index (χ2n) is 4.96. The molecule has 0 aliphatic rings. The minimum Gasteiger partial charge on any atom is -0.398 e. The number of aryl methyl sites for hydroxylation is 1. The van der Waals surface area contributed by atoms with Gasteiger partial charge in [0.05, 0.1) is 0 Å². The fourth-order valence-electron chi connectivity index (χ4n) is 2.32. The summed E-state index contributed by atoms with van der Waals surface area (Å²) in [5.41, 5.74) is 7.71. The van der Waals surface area contributed by atoms with Gasteiger partial charge in [-0.15, -0.1) is 0 Å². The van der Waals surface area contributed by atoms with Gasteiger partial charge in [0, 0.05) is 37.7 Å². The van der Waals surface area contributed by atoms with Gasteiger partial charge in [0.1, 0.15) is 0 Å². The highest BCUT2D eigenvalue weighted by atomic mass is 16.1. The summed E-state index contributed by atoms with van der Waals surface area (Å²) in [5, 5.41) is 0. The van der Waals surface area contributed by atoms with Crippen molar-refractivity contribution in [3.8, 4) is 0 Å². The van der Waals surface area contributed by atoms with Crippen LogP contribution in [0.4, 0.5) is 11.5 Å². The van der Waals surface area contributed by atoms with Gasteiger partial charge >= 0.3 is 0 Å². The Morgan fingerprint density at radius 3 is 2.71 bits per heavy atom. The maximum Gasteiger partial charge on any atom is 0.293 e. The molecule has 0 aliphatic heterocycles. The zero-order valence-electron chi connectivity index (χ0n) is 12.6. The first-order valence-corrected chi connectivity index (χ1v) is 7.31. The summed E-state index contributed by atoms with van der Waals surface area (Å²) in [6.07, 6.45) is 4.33. The topological polar surface area (TPSA) is 64.2 Å². The third-order valence-corrected chi connectivity index (χ3v) is 3.45. The van der Waals surface area contributed by atoms with Crippen LogP contribution in [-0.2, 0) is 13.1 Å². The fraction of sp³-hybridized carbons (Fsp3) is 0.375. The van der Waals surface area contributed by atoms with Crippen molar-refractivity contribution in [2.75, 3.05) is 17.2 Å². The van der Waals surface area contributed by atoms with E-state index in [-0.39, 0.29) is 5.56 Å². The number of hydrogen-bond acceptors (Lipinski definition) is 4. The van der Waals surface area contributed by atoms with Crippen molar-refractivity contribution in [2.45, 2.75) is 33.4 Å². The molecular weight excluding hydrogens is 264 g/mol. The molecule has 5 heteroatoms. The highest BCUT2D eigenvalue weighted by molar-refractivity contribution is 5.49. The number of nitrogens with zero attached hydrogens (tertiary/aromatic N) is 3. The molecule has 0 radical (unpaired) electrons. The molecule has 112 valence electrons. The van der Waals surface area contributed by atoms with Crippen LogP contribution in [0.5, 0.6) is 0 Å². The number of anilines is 2. The molecule has 1 aromatic carbocycles. The summed E-state index contributed by atoms with van der Waals surface area (Å²) in [5.74, 6) is 0.490. The molecule has 1 heterocycles. The minimum absolute atomic E-state index is 0.0528. The molecule has 0 spiro atoms. The Morgan fingerprint density at radius 1 is 1.29 bits per heavy atom. The number of hydrogen-bond donors (Lipinski definition) is 1. The maximum absolute atomic E-state index is 12.4. The molecule has 5 nitrogen and oxygen atoms in total. The van der Waals surface area contributed by atoms with E-state index in [4.69, 9.17) is 5.73 Å². The normalized spacial score (nSPS) is 10.6. The molecule has 0 bridgehead atoms. The number of aromatic nitrogens is 2. The molecule has 0 unspecified atom stereocenters. The Labute approximate surface area is 125 Å². The van der Waals surface area contributed by atoms with E-state index in [1.165, 1.54) is 0 Å². The summed E-state index contributed by atoms with van der Waals surface area (Å²) in [7, 11) is 0. The van der Waals surface area contributed by atoms with Gasteiger partial charge in [0.25, 0.3) is 5.56 Å². The molecule has 21 heavy (non-hydrogen) atoms. The molecule has 0 amide bonds. The lowest BCUT2D eigenvalue weighted by molar-refractivity contribution is 0.688. The fourth-order valence-corrected chi connectivity index (χ4v) is 2.32. The van der Waals surface area contributed by atoms with Crippen LogP contribution >= 0.6 is 0 Å². The molecule has 0 saturated heterocycles. The standard InChI is InChI=1S/C16H22N4O/c1-3-10-20(12-13-7-5-6-8-14(13)17)15-16(21)19(4-2)11-9-18-15/h5-9,11H,3-4,10,12,17H2,1-2H3. The summed E-state index contributed by atoms with van der Waals surface area (Å²) in [6.45, 7) is 6.04. The third-order valence-electron chi connectivity index (χ3n) is 3.45. The van der Waals surface area contributed by atoms with Crippen LogP contribution in [0.2, 0.25) is 0 Å². The van der Waals surface area contributed by atoms with E-state index in [0.29, 0.717) is 18.9 Å². The van der Waals surface area contributed by atoms with Gasteiger partial charge in [-0.05, 0) is 25.0 Å². The van der Waals surface area contributed by atoms with Crippen LogP contribution in [0.25, 0.3) is 0 Å².